The summed E-state index contributed by atoms with van der Waals surface area (Å²) in [7, 11) is 3.32. The molecule has 1 aliphatic rings. The Kier molecular flexibility index (Phi) is 4.84. The highest BCUT2D eigenvalue weighted by atomic mass is 16.5. The molecule has 0 atom stereocenters. The maximum absolute atomic E-state index is 12.7. The van der Waals surface area contributed by atoms with Gasteiger partial charge in [0.25, 0.3) is 11.5 Å². The van der Waals surface area contributed by atoms with E-state index in [4.69, 9.17) is 9.47 Å². The first kappa shape index (κ1) is 18.8. The number of aromatic nitrogens is 3. The highest BCUT2D eigenvalue weighted by Gasteiger charge is 2.34. The lowest BCUT2D eigenvalue weighted by molar-refractivity contribution is 0.0172. The largest absolute Gasteiger partial charge is 0.496 e. The second-order valence-corrected chi connectivity index (χ2v) is 7.05. The number of benzene rings is 1. The van der Waals surface area contributed by atoms with Crippen LogP contribution in [0.2, 0.25) is 0 Å². The summed E-state index contributed by atoms with van der Waals surface area (Å²) in [5.41, 5.74) is 2.58. The lowest BCUT2D eigenvalue weighted by atomic mass is 10.1. The first-order chi connectivity index (χ1) is 14.0. The van der Waals surface area contributed by atoms with Gasteiger partial charge in [-0.3, -0.25) is 14.7 Å². The fourth-order valence-corrected chi connectivity index (χ4v) is 3.27. The van der Waals surface area contributed by atoms with Crippen molar-refractivity contribution in [3.8, 4) is 22.8 Å². The maximum Gasteiger partial charge on any atom is 0.272 e. The molecule has 0 bridgehead atoms. The van der Waals surface area contributed by atoms with E-state index in [1.807, 2.05) is 37.3 Å². The summed E-state index contributed by atoms with van der Waals surface area (Å²) in [6.07, 6.45) is -0.137. The van der Waals surface area contributed by atoms with Gasteiger partial charge in [0.1, 0.15) is 23.3 Å². The number of nitrogens with one attached hydrogen (secondary N) is 1. The molecule has 29 heavy (non-hydrogen) atoms. The van der Waals surface area contributed by atoms with Gasteiger partial charge in [-0.2, -0.15) is 5.10 Å². The van der Waals surface area contributed by atoms with Gasteiger partial charge in [-0.15, -0.1) is 0 Å². The predicted octanol–water partition coefficient (Wildman–Crippen LogP) is 2.00. The van der Waals surface area contributed by atoms with Crippen LogP contribution in [0.25, 0.3) is 11.3 Å². The number of H-pyrrole nitrogens is 1. The van der Waals surface area contributed by atoms with E-state index in [1.165, 1.54) is 6.07 Å². The number of carbonyl (C=O) groups excluding carboxylic acids is 1. The summed E-state index contributed by atoms with van der Waals surface area (Å²) in [6, 6.07) is 12.5. The minimum Gasteiger partial charge on any atom is -0.496 e. The number of nitrogens with zero attached hydrogens (tertiary/aromatic N) is 3. The number of aryl methyl sites for hydroxylation is 1. The molecule has 1 amide bonds. The Labute approximate surface area is 167 Å². The Balaban J connectivity index is 1.40. The van der Waals surface area contributed by atoms with Crippen molar-refractivity contribution < 1.29 is 14.3 Å². The van der Waals surface area contributed by atoms with Crippen LogP contribution in [0.5, 0.6) is 11.5 Å². The molecule has 1 N–H and O–H groups in total. The van der Waals surface area contributed by atoms with E-state index in [-0.39, 0.29) is 17.6 Å². The molecule has 1 aliphatic heterocycles. The molecule has 150 valence electrons. The molecule has 2 aromatic heterocycles. The number of amides is 1. The number of hydrogen-bond donors (Lipinski definition) is 1. The standard InChI is InChI=1S/C21H22N4O4/c1-13-8-14(9-20(26)24(13)2)29-15-11-25(12-15)21(27)18-10-17(22-23-18)16-6-4-5-7-19(16)28-3/h4-10,15H,11-12H2,1-3H3,(H,22,23). The Bertz CT molecular complexity index is 1110. The topological polar surface area (TPSA) is 89.5 Å². The van der Waals surface area contributed by atoms with E-state index in [9.17, 15) is 9.59 Å². The van der Waals surface area contributed by atoms with Gasteiger partial charge in [0.15, 0.2) is 0 Å². The monoisotopic (exact) mass is 394 g/mol. The van der Waals surface area contributed by atoms with Crippen LogP contribution in [0.15, 0.2) is 47.3 Å². The zero-order valence-corrected chi connectivity index (χ0v) is 16.5. The molecule has 8 heteroatoms. The van der Waals surface area contributed by atoms with Gasteiger partial charge in [-0.25, -0.2) is 0 Å². The van der Waals surface area contributed by atoms with E-state index < -0.39 is 0 Å². The first-order valence-corrected chi connectivity index (χ1v) is 9.28. The molecule has 4 rings (SSSR count). The Morgan fingerprint density at radius 1 is 1.21 bits per heavy atom. The fraction of sp³-hybridized carbons (Fsp3) is 0.286. The zero-order chi connectivity index (χ0) is 20.5. The molecule has 1 aromatic carbocycles. The quantitative estimate of drug-likeness (QED) is 0.715. The van der Waals surface area contributed by atoms with Crippen LogP contribution in [0.1, 0.15) is 16.2 Å². The number of aromatic amines is 1. The van der Waals surface area contributed by atoms with Crippen LogP contribution in [0.4, 0.5) is 0 Å². The lowest BCUT2D eigenvalue weighted by Gasteiger charge is -2.38. The average Bonchev–Trinajstić information content (AvgIpc) is 3.18. The molecule has 8 nitrogen and oxygen atoms in total. The van der Waals surface area contributed by atoms with Crippen LogP contribution in [-0.2, 0) is 7.05 Å². The normalized spacial score (nSPS) is 13.8. The Morgan fingerprint density at radius 2 is 1.97 bits per heavy atom. The fourth-order valence-electron chi connectivity index (χ4n) is 3.27. The van der Waals surface area contributed by atoms with Gasteiger partial charge in [-0.1, -0.05) is 12.1 Å². The van der Waals surface area contributed by atoms with E-state index in [2.05, 4.69) is 10.2 Å². The molecule has 0 saturated carbocycles. The summed E-state index contributed by atoms with van der Waals surface area (Å²) >= 11 is 0. The number of carbonyl (C=O) groups is 1. The summed E-state index contributed by atoms with van der Waals surface area (Å²) < 4.78 is 12.7. The Hall–Kier alpha value is -3.55. The number of ether oxygens (including phenoxy) is 2. The van der Waals surface area contributed by atoms with E-state index >= 15 is 0 Å². The first-order valence-electron chi connectivity index (χ1n) is 9.28. The van der Waals surface area contributed by atoms with Crippen molar-refractivity contribution in [1.29, 1.82) is 0 Å². The van der Waals surface area contributed by atoms with Crippen LogP contribution in [0, 0.1) is 6.92 Å². The van der Waals surface area contributed by atoms with Crippen molar-refractivity contribution >= 4 is 5.91 Å². The van der Waals surface area contributed by atoms with E-state index in [0.717, 1.165) is 11.3 Å². The van der Waals surface area contributed by atoms with Crippen molar-refractivity contribution in [2.24, 2.45) is 7.05 Å². The molecule has 1 fully saturated rings. The minimum atomic E-state index is -0.140. The average molecular weight is 394 g/mol. The van der Waals surface area contributed by atoms with Crippen molar-refractivity contribution in [3.05, 3.63) is 64.2 Å². The summed E-state index contributed by atoms with van der Waals surface area (Å²) in [5, 5.41) is 7.06. The molecule has 0 radical (unpaired) electrons. The predicted molar refractivity (Wildman–Crippen MR) is 107 cm³/mol. The van der Waals surface area contributed by atoms with Crippen LogP contribution >= 0.6 is 0 Å². The van der Waals surface area contributed by atoms with E-state index in [0.29, 0.717) is 36.0 Å². The van der Waals surface area contributed by atoms with Gasteiger partial charge in [0.2, 0.25) is 0 Å². The number of likely N-dealkylation sites (tertiary alicyclic amines) is 1. The molecule has 3 heterocycles. The van der Waals surface area contributed by atoms with Gasteiger partial charge in [0, 0.05) is 24.4 Å². The molecule has 0 aliphatic carbocycles. The highest BCUT2D eigenvalue weighted by molar-refractivity contribution is 5.94. The number of methoxy groups -OCH3 is 1. The van der Waals surface area contributed by atoms with Crippen LogP contribution < -0.4 is 15.0 Å². The highest BCUT2D eigenvalue weighted by Crippen LogP contribution is 2.29. The Morgan fingerprint density at radius 3 is 2.69 bits per heavy atom. The third kappa shape index (κ3) is 3.61. The van der Waals surface area contributed by atoms with Crippen molar-refractivity contribution in [1.82, 2.24) is 19.7 Å². The second-order valence-electron chi connectivity index (χ2n) is 7.05. The number of rotatable bonds is 5. The van der Waals surface area contributed by atoms with Crippen LogP contribution in [-0.4, -0.2) is 51.9 Å². The summed E-state index contributed by atoms with van der Waals surface area (Å²) in [4.78, 5) is 26.2. The second kappa shape index (κ2) is 7.46. The van der Waals surface area contributed by atoms with Crippen molar-refractivity contribution in [2.45, 2.75) is 13.0 Å². The molecule has 1 saturated heterocycles. The SMILES string of the molecule is COc1ccccc1-c1cc(C(=O)N2CC(Oc3cc(C)n(C)c(=O)c3)C2)[nH]n1. The number of hydrogen-bond acceptors (Lipinski definition) is 5. The van der Waals surface area contributed by atoms with Crippen molar-refractivity contribution in [2.75, 3.05) is 20.2 Å². The van der Waals surface area contributed by atoms with Crippen LogP contribution in [0.3, 0.4) is 0 Å². The third-order valence-electron chi connectivity index (χ3n) is 5.11. The third-order valence-corrected chi connectivity index (χ3v) is 5.11. The molecule has 3 aromatic rings. The molecule has 0 spiro atoms. The lowest BCUT2D eigenvalue weighted by Crippen LogP contribution is -2.56. The summed E-state index contributed by atoms with van der Waals surface area (Å²) in [5.74, 6) is 1.08. The zero-order valence-electron chi connectivity index (χ0n) is 16.5. The van der Waals surface area contributed by atoms with Crippen molar-refractivity contribution in [3.63, 3.8) is 0 Å². The van der Waals surface area contributed by atoms with Gasteiger partial charge in [0.05, 0.1) is 25.9 Å². The van der Waals surface area contributed by atoms with Gasteiger partial charge >= 0.3 is 0 Å². The number of para-hydroxylation sites is 1. The number of pyridine rings is 1. The van der Waals surface area contributed by atoms with E-state index in [1.54, 1.807) is 29.7 Å². The smallest absolute Gasteiger partial charge is 0.272 e. The summed E-state index contributed by atoms with van der Waals surface area (Å²) in [6.45, 7) is 2.76. The van der Waals surface area contributed by atoms with Gasteiger partial charge in [-0.05, 0) is 31.2 Å². The molecular formula is C21H22N4O4. The minimum absolute atomic E-state index is 0.117. The molecule has 0 unspecified atom stereocenters. The molecular weight excluding hydrogens is 372 g/mol. The maximum atomic E-state index is 12.7. The van der Waals surface area contributed by atoms with Gasteiger partial charge < -0.3 is 18.9 Å².